The van der Waals surface area contributed by atoms with E-state index in [0.29, 0.717) is 6.04 Å². The van der Waals surface area contributed by atoms with Crippen LogP contribution in [-0.2, 0) is 6.54 Å². The molecule has 1 aliphatic rings. The van der Waals surface area contributed by atoms with E-state index in [-0.39, 0.29) is 0 Å². The number of hydrogen-bond acceptors (Lipinski definition) is 2. The van der Waals surface area contributed by atoms with E-state index in [0.717, 1.165) is 22.7 Å². The van der Waals surface area contributed by atoms with Gasteiger partial charge in [-0.25, -0.2) is 0 Å². The largest absolute Gasteiger partial charge is 0.497 e. The summed E-state index contributed by atoms with van der Waals surface area (Å²) < 4.78 is 6.42. The molecule has 0 heterocycles. The van der Waals surface area contributed by atoms with Gasteiger partial charge in [-0.2, -0.15) is 0 Å². The molecule has 1 N–H and O–H groups in total. The fourth-order valence-corrected chi connectivity index (χ4v) is 3.07. The van der Waals surface area contributed by atoms with Crippen LogP contribution < -0.4 is 10.1 Å². The number of methoxy groups -OCH3 is 1. The van der Waals surface area contributed by atoms with E-state index in [1.54, 1.807) is 7.11 Å². The first kappa shape index (κ1) is 13.9. The molecule has 0 saturated heterocycles. The Bertz CT molecular complexity index is 394. The van der Waals surface area contributed by atoms with Crippen molar-refractivity contribution in [3.63, 3.8) is 0 Å². The number of benzene rings is 1. The maximum Gasteiger partial charge on any atom is 0.119 e. The lowest BCUT2D eigenvalue weighted by atomic mass is 9.87. The van der Waals surface area contributed by atoms with Crippen molar-refractivity contribution in [2.45, 2.75) is 45.2 Å². The maximum absolute atomic E-state index is 5.27. The minimum Gasteiger partial charge on any atom is -0.497 e. The van der Waals surface area contributed by atoms with Gasteiger partial charge in [-0.05, 0) is 42.5 Å². The summed E-state index contributed by atoms with van der Waals surface area (Å²) in [5, 5.41) is 3.67. The monoisotopic (exact) mass is 311 g/mol. The number of hydrogen-bond donors (Lipinski definition) is 1. The highest BCUT2D eigenvalue weighted by molar-refractivity contribution is 9.10. The number of ether oxygens (including phenoxy) is 1. The molecule has 0 amide bonds. The lowest BCUT2D eigenvalue weighted by molar-refractivity contribution is 0.300. The van der Waals surface area contributed by atoms with Crippen molar-refractivity contribution in [2.75, 3.05) is 7.11 Å². The highest BCUT2D eigenvalue weighted by atomic mass is 79.9. The summed E-state index contributed by atoms with van der Waals surface area (Å²) in [6, 6.07) is 6.81. The zero-order valence-electron chi connectivity index (χ0n) is 11.2. The molecule has 3 heteroatoms. The van der Waals surface area contributed by atoms with Gasteiger partial charge in [-0.3, -0.25) is 0 Å². The van der Waals surface area contributed by atoms with Crippen LogP contribution in [0.4, 0.5) is 0 Å². The van der Waals surface area contributed by atoms with Gasteiger partial charge in [0.25, 0.3) is 0 Å². The Labute approximate surface area is 118 Å². The Kier molecular flexibility index (Phi) is 5.07. The molecule has 0 aliphatic heterocycles. The molecule has 1 fully saturated rings. The molecule has 0 aromatic heterocycles. The lowest BCUT2D eigenvalue weighted by Crippen LogP contribution is -2.33. The molecule has 0 radical (unpaired) electrons. The molecule has 2 atom stereocenters. The van der Waals surface area contributed by atoms with Crippen molar-refractivity contribution in [2.24, 2.45) is 5.92 Å². The molecule has 2 rings (SSSR count). The smallest absolute Gasteiger partial charge is 0.119 e. The van der Waals surface area contributed by atoms with Gasteiger partial charge in [0.2, 0.25) is 0 Å². The van der Waals surface area contributed by atoms with Crippen molar-refractivity contribution in [3.8, 4) is 5.75 Å². The first-order chi connectivity index (χ1) is 8.69. The first-order valence-corrected chi connectivity index (χ1v) is 7.54. The molecule has 1 aromatic rings. The van der Waals surface area contributed by atoms with E-state index < -0.39 is 0 Å². The Morgan fingerprint density at radius 2 is 2.22 bits per heavy atom. The van der Waals surface area contributed by atoms with E-state index in [1.807, 2.05) is 6.07 Å². The van der Waals surface area contributed by atoms with Crippen molar-refractivity contribution >= 4 is 15.9 Å². The van der Waals surface area contributed by atoms with Crippen molar-refractivity contribution in [1.29, 1.82) is 0 Å². The molecular weight excluding hydrogens is 290 g/mol. The van der Waals surface area contributed by atoms with Crippen LogP contribution in [0.5, 0.6) is 5.75 Å². The Morgan fingerprint density at radius 1 is 1.39 bits per heavy atom. The van der Waals surface area contributed by atoms with E-state index in [9.17, 15) is 0 Å². The van der Waals surface area contributed by atoms with Crippen LogP contribution in [0.2, 0.25) is 0 Å². The molecule has 100 valence electrons. The summed E-state index contributed by atoms with van der Waals surface area (Å²) in [5.74, 6) is 1.79. The van der Waals surface area contributed by atoms with Gasteiger partial charge >= 0.3 is 0 Å². The maximum atomic E-state index is 5.27. The molecular formula is C15H22BrNO. The fraction of sp³-hybridized carbons (Fsp3) is 0.600. The summed E-state index contributed by atoms with van der Waals surface area (Å²) in [7, 11) is 1.71. The summed E-state index contributed by atoms with van der Waals surface area (Å²) in [4.78, 5) is 0. The number of halogens is 1. The van der Waals surface area contributed by atoms with Gasteiger partial charge in [-0.15, -0.1) is 0 Å². The third kappa shape index (κ3) is 3.72. The Hall–Kier alpha value is -0.540. The van der Waals surface area contributed by atoms with Crippen molar-refractivity contribution in [1.82, 2.24) is 5.32 Å². The van der Waals surface area contributed by atoms with Crippen molar-refractivity contribution < 1.29 is 4.74 Å². The van der Waals surface area contributed by atoms with Gasteiger partial charge < -0.3 is 10.1 Å². The highest BCUT2D eigenvalue weighted by Gasteiger charge is 2.18. The highest BCUT2D eigenvalue weighted by Crippen LogP contribution is 2.25. The molecule has 1 saturated carbocycles. The Balaban J connectivity index is 1.92. The van der Waals surface area contributed by atoms with Crippen LogP contribution in [0, 0.1) is 5.92 Å². The van der Waals surface area contributed by atoms with Crippen LogP contribution in [0.1, 0.15) is 38.2 Å². The predicted molar refractivity (Wildman–Crippen MR) is 79.0 cm³/mol. The molecule has 1 aromatic carbocycles. The predicted octanol–water partition coefficient (Wildman–Crippen LogP) is 4.13. The van der Waals surface area contributed by atoms with Crippen molar-refractivity contribution in [3.05, 3.63) is 28.2 Å². The average Bonchev–Trinajstić information content (AvgIpc) is 2.38. The fourth-order valence-electron chi connectivity index (χ4n) is 2.69. The molecule has 0 spiro atoms. The van der Waals surface area contributed by atoms with Crippen LogP contribution in [0.3, 0.4) is 0 Å². The van der Waals surface area contributed by atoms with Gasteiger partial charge in [-0.1, -0.05) is 35.7 Å². The SMILES string of the molecule is COc1ccc(Br)c(CNC2CCCC(C)C2)c1. The topological polar surface area (TPSA) is 21.3 Å². The van der Waals surface area contributed by atoms with E-state index in [2.05, 4.69) is 40.3 Å². The lowest BCUT2D eigenvalue weighted by Gasteiger charge is -2.27. The second-order valence-corrected chi connectivity index (χ2v) is 6.16. The first-order valence-electron chi connectivity index (χ1n) is 6.75. The van der Waals surface area contributed by atoms with E-state index in [4.69, 9.17) is 4.74 Å². The second kappa shape index (κ2) is 6.58. The van der Waals surface area contributed by atoms with Crippen LogP contribution >= 0.6 is 15.9 Å². The van der Waals surface area contributed by atoms with Crippen LogP contribution in [0.25, 0.3) is 0 Å². The van der Waals surface area contributed by atoms with Gasteiger partial charge in [0.15, 0.2) is 0 Å². The zero-order chi connectivity index (χ0) is 13.0. The molecule has 18 heavy (non-hydrogen) atoms. The standard InChI is InChI=1S/C15H22BrNO/c1-11-4-3-5-13(8-11)17-10-12-9-14(18-2)6-7-15(12)16/h6-7,9,11,13,17H,3-5,8,10H2,1-2H3. The molecule has 2 unspecified atom stereocenters. The minimum absolute atomic E-state index is 0.673. The van der Waals surface area contributed by atoms with E-state index in [1.165, 1.54) is 31.2 Å². The van der Waals surface area contributed by atoms with Crippen LogP contribution in [0.15, 0.2) is 22.7 Å². The zero-order valence-corrected chi connectivity index (χ0v) is 12.8. The van der Waals surface area contributed by atoms with Gasteiger partial charge in [0.05, 0.1) is 7.11 Å². The molecule has 2 nitrogen and oxygen atoms in total. The summed E-state index contributed by atoms with van der Waals surface area (Å²) >= 11 is 3.60. The third-order valence-electron chi connectivity index (χ3n) is 3.77. The van der Waals surface area contributed by atoms with Gasteiger partial charge in [0, 0.05) is 17.1 Å². The quantitative estimate of drug-likeness (QED) is 0.903. The summed E-state index contributed by atoms with van der Waals surface area (Å²) in [5.41, 5.74) is 1.27. The molecule has 0 bridgehead atoms. The average molecular weight is 312 g/mol. The third-order valence-corrected chi connectivity index (χ3v) is 4.54. The van der Waals surface area contributed by atoms with E-state index >= 15 is 0 Å². The summed E-state index contributed by atoms with van der Waals surface area (Å²) in [6.45, 7) is 3.27. The minimum atomic E-state index is 0.673. The normalized spacial score (nSPS) is 23.9. The van der Waals surface area contributed by atoms with Crippen LogP contribution in [-0.4, -0.2) is 13.2 Å². The Morgan fingerprint density at radius 3 is 2.94 bits per heavy atom. The molecule has 1 aliphatic carbocycles. The summed E-state index contributed by atoms with van der Waals surface area (Å²) in [6.07, 6.45) is 5.37. The number of rotatable bonds is 4. The van der Waals surface area contributed by atoms with Gasteiger partial charge in [0.1, 0.15) is 5.75 Å². The second-order valence-electron chi connectivity index (χ2n) is 5.31. The number of nitrogens with one attached hydrogen (secondary N) is 1.